The summed E-state index contributed by atoms with van der Waals surface area (Å²) in [5.41, 5.74) is 1.45. The topological polar surface area (TPSA) is 79.4 Å². The number of fused-ring (bicyclic) bond motifs is 1. The van der Waals surface area contributed by atoms with E-state index < -0.39 is 17.7 Å². The highest BCUT2D eigenvalue weighted by molar-refractivity contribution is 7.09. The Morgan fingerprint density at radius 3 is 2.39 bits per heavy atom. The molecule has 23 heavy (non-hydrogen) atoms. The van der Waals surface area contributed by atoms with E-state index in [2.05, 4.69) is 10.3 Å². The number of carbonyl (C=O) groups is 3. The van der Waals surface area contributed by atoms with Crippen LogP contribution in [0.1, 0.15) is 44.4 Å². The third-order valence-corrected chi connectivity index (χ3v) is 4.43. The summed E-state index contributed by atoms with van der Waals surface area (Å²) in [7, 11) is 0. The van der Waals surface area contributed by atoms with Gasteiger partial charge in [-0.05, 0) is 26.0 Å². The molecule has 1 aromatic carbocycles. The van der Waals surface area contributed by atoms with Gasteiger partial charge in [0.1, 0.15) is 6.54 Å². The number of rotatable bonds is 4. The monoisotopic (exact) mass is 329 g/mol. The van der Waals surface area contributed by atoms with E-state index in [-0.39, 0.29) is 12.6 Å². The van der Waals surface area contributed by atoms with E-state index in [9.17, 15) is 14.4 Å². The maximum absolute atomic E-state index is 12.2. The minimum Gasteiger partial charge on any atom is -0.346 e. The predicted octanol–water partition coefficient (Wildman–Crippen LogP) is 1.92. The summed E-state index contributed by atoms with van der Waals surface area (Å²) in [6.45, 7) is 3.41. The molecule has 118 valence electrons. The summed E-state index contributed by atoms with van der Waals surface area (Å²) in [6, 6.07) is 6.30. The van der Waals surface area contributed by atoms with Gasteiger partial charge in [0.05, 0.1) is 27.9 Å². The fraction of sp³-hybridized carbons (Fsp3) is 0.250. The number of nitrogens with zero attached hydrogens (tertiary/aromatic N) is 2. The zero-order valence-electron chi connectivity index (χ0n) is 12.7. The van der Waals surface area contributed by atoms with Gasteiger partial charge in [-0.3, -0.25) is 19.3 Å². The minimum atomic E-state index is -0.432. The molecule has 7 heteroatoms. The van der Waals surface area contributed by atoms with Crippen molar-refractivity contribution in [2.24, 2.45) is 0 Å². The molecule has 1 aliphatic rings. The zero-order valence-corrected chi connectivity index (χ0v) is 13.5. The van der Waals surface area contributed by atoms with Crippen LogP contribution in [0.25, 0.3) is 0 Å². The molecule has 0 spiro atoms. The van der Waals surface area contributed by atoms with Crippen LogP contribution in [-0.4, -0.2) is 34.2 Å². The lowest BCUT2D eigenvalue weighted by Crippen LogP contribution is -2.41. The number of hydrogen-bond acceptors (Lipinski definition) is 5. The predicted molar refractivity (Wildman–Crippen MR) is 85.2 cm³/mol. The van der Waals surface area contributed by atoms with Gasteiger partial charge >= 0.3 is 0 Å². The van der Waals surface area contributed by atoms with Crippen LogP contribution >= 0.6 is 11.3 Å². The van der Waals surface area contributed by atoms with Crippen LogP contribution in [-0.2, 0) is 4.79 Å². The van der Waals surface area contributed by atoms with Gasteiger partial charge in [0.2, 0.25) is 5.91 Å². The van der Waals surface area contributed by atoms with Crippen molar-refractivity contribution in [2.75, 3.05) is 6.54 Å². The van der Waals surface area contributed by atoms with Crippen molar-refractivity contribution in [1.82, 2.24) is 15.2 Å². The lowest BCUT2D eigenvalue weighted by Gasteiger charge is -2.16. The first kappa shape index (κ1) is 15.4. The fourth-order valence-corrected chi connectivity index (χ4v) is 3.17. The Morgan fingerprint density at radius 2 is 1.87 bits per heavy atom. The van der Waals surface area contributed by atoms with Crippen molar-refractivity contribution in [3.8, 4) is 0 Å². The maximum Gasteiger partial charge on any atom is 0.262 e. The minimum absolute atomic E-state index is 0.275. The van der Waals surface area contributed by atoms with E-state index in [0.29, 0.717) is 11.1 Å². The van der Waals surface area contributed by atoms with E-state index >= 15 is 0 Å². The molecule has 2 aromatic rings. The highest BCUT2D eigenvalue weighted by Crippen LogP contribution is 2.22. The van der Waals surface area contributed by atoms with Gasteiger partial charge in [0, 0.05) is 5.38 Å². The number of benzene rings is 1. The average molecular weight is 329 g/mol. The van der Waals surface area contributed by atoms with Gasteiger partial charge in [0.25, 0.3) is 11.8 Å². The standard InChI is InChI=1S/C16H15N3O3S/c1-9(13-8-23-10(2)18-13)17-14(20)7-19-15(21)11-5-3-4-6-12(11)16(19)22/h3-6,8-9H,7H2,1-2H3,(H,17,20). The van der Waals surface area contributed by atoms with Gasteiger partial charge in [0.15, 0.2) is 0 Å². The average Bonchev–Trinajstić information content (AvgIpc) is 3.06. The molecule has 1 unspecified atom stereocenters. The molecule has 0 radical (unpaired) electrons. The Bertz CT molecular complexity index is 764. The third kappa shape index (κ3) is 2.87. The summed E-state index contributed by atoms with van der Waals surface area (Å²) in [5, 5.41) is 5.56. The van der Waals surface area contributed by atoms with E-state index in [1.54, 1.807) is 24.3 Å². The summed E-state index contributed by atoms with van der Waals surface area (Å²) in [6.07, 6.45) is 0. The van der Waals surface area contributed by atoms with Gasteiger partial charge in [-0.15, -0.1) is 11.3 Å². The second kappa shape index (κ2) is 5.92. The third-order valence-electron chi connectivity index (χ3n) is 3.64. The maximum atomic E-state index is 12.2. The van der Waals surface area contributed by atoms with Crippen LogP contribution in [0.15, 0.2) is 29.6 Å². The Morgan fingerprint density at radius 1 is 1.26 bits per heavy atom. The smallest absolute Gasteiger partial charge is 0.262 e. The molecule has 1 aromatic heterocycles. The van der Waals surface area contributed by atoms with Crippen LogP contribution in [0.3, 0.4) is 0 Å². The summed E-state index contributed by atoms with van der Waals surface area (Å²) in [5.74, 6) is -1.26. The molecule has 6 nitrogen and oxygen atoms in total. The normalized spacial score (nSPS) is 14.8. The van der Waals surface area contributed by atoms with E-state index in [1.807, 2.05) is 19.2 Å². The second-order valence-electron chi connectivity index (χ2n) is 5.32. The Labute approximate surface area is 137 Å². The van der Waals surface area contributed by atoms with Gasteiger partial charge in [-0.2, -0.15) is 0 Å². The van der Waals surface area contributed by atoms with Crippen LogP contribution in [0, 0.1) is 6.92 Å². The number of aryl methyl sites for hydroxylation is 1. The van der Waals surface area contributed by atoms with Crippen LogP contribution in [0.2, 0.25) is 0 Å². The number of carbonyl (C=O) groups excluding carboxylic acids is 3. The van der Waals surface area contributed by atoms with Crippen LogP contribution < -0.4 is 5.32 Å². The SMILES string of the molecule is Cc1nc(C(C)NC(=O)CN2C(=O)c3ccccc3C2=O)cs1. The van der Waals surface area contributed by atoms with E-state index in [4.69, 9.17) is 0 Å². The molecular formula is C16H15N3O3S. The van der Waals surface area contributed by atoms with Crippen molar-refractivity contribution in [1.29, 1.82) is 0 Å². The van der Waals surface area contributed by atoms with Gasteiger partial charge in [-0.25, -0.2) is 4.98 Å². The van der Waals surface area contributed by atoms with Crippen molar-refractivity contribution in [2.45, 2.75) is 19.9 Å². The summed E-state index contributed by atoms with van der Waals surface area (Å²) < 4.78 is 0. The molecule has 3 rings (SSSR count). The number of aromatic nitrogens is 1. The lowest BCUT2D eigenvalue weighted by atomic mass is 10.1. The summed E-state index contributed by atoms with van der Waals surface area (Å²) in [4.78, 5) is 41.9. The molecule has 1 atom stereocenters. The highest BCUT2D eigenvalue weighted by atomic mass is 32.1. The van der Waals surface area contributed by atoms with Crippen LogP contribution in [0.4, 0.5) is 0 Å². The number of nitrogens with one attached hydrogen (secondary N) is 1. The second-order valence-corrected chi connectivity index (χ2v) is 6.38. The Hall–Kier alpha value is -2.54. The van der Waals surface area contributed by atoms with Crippen LogP contribution in [0.5, 0.6) is 0 Å². The zero-order chi connectivity index (χ0) is 16.6. The largest absolute Gasteiger partial charge is 0.346 e. The number of thiazole rings is 1. The molecule has 0 bridgehead atoms. The number of hydrogen-bond donors (Lipinski definition) is 1. The molecule has 0 saturated carbocycles. The molecule has 1 N–H and O–H groups in total. The van der Waals surface area contributed by atoms with Crippen molar-refractivity contribution in [3.05, 3.63) is 51.5 Å². The van der Waals surface area contributed by atoms with E-state index in [0.717, 1.165) is 15.6 Å². The molecule has 0 fully saturated rings. The molecule has 1 aliphatic heterocycles. The highest BCUT2D eigenvalue weighted by Gasteiger charge is 2.36. The first-order valence-corrected chi connectivity index (χ1v) is 8.02. The number of amides is 3. The fourth-order valence-electron chi connectivity index (χ4n) is 2.47. The molecular weight excluding hydrogens is 314 g/mol. The van der Waals surface area contributed by atoms with Crippen molar-refractivity contribution < 1.29 is 14.4 Å². The molecule has 2 heterocycles. The molecule has 3 amide bonds. The first-order chi connectivity index (χ1) is 11.0. The Balaban J connectivity index is 1.67. The molecule has 0 saturated heterocycles. The van der Waals surface area contributed by atoms with Gasteiger partial charge < -0.3 is 5.32 Å². The summed E-state index contributed by atoms with van der Waals surface area (Å²) >= 11 is 1.50. The van der Waals surface area contributed by atoms with Crippen molar-refractivity contribution >= 4 is 29.1 Å². The van der Waals surface area contributed by atoms with E-state index in [1.165, 1.54) is 11.3 Å². The van der Waals surface area contributed by atoms with Gasteiger partial charge in [-0.1, -0.05) is 12.1 Å². The number of imide groups is 1. The van der Waals surface area contributed by atoms with Crippen molar-refractivity contribution in [3.63, 3.8) is 0 Å². The lowest BCUT2D eigenvalue weighted by molar-refractivity contribution is -0.122. The first-order valence-electron chi connectivity index (χ1n) is 7.14. The Kier molecular flexibility index (Phi) is 3.96. The molecule has 0 aliphatic carbocycles. The quantitative estimate of drug-likeness (QED) is 0.869.